The van der Waals surface area contributed by atoms with Gasteiger partial charge < -0.3 is 5.73 Å². The topological polar surface area (TPSA) is 69.1 Å². The normalized spacial score (nSPS) is 15.8. The minimum absolute atomic E-state index is 0.371. The van der Waals surface area contributed by atoms with Crippen molar-refractivity contribution in [3.05, 3.63) is 78.9 Å². The lowest BCUT2D eigenvalue weighted by Crippen LogP contribution is -2.31. The summed E-state index contributed by atoms with van der Waals surface area (Å²) in [6.45, 7) is 4.63. The molecule has 1 saturated carbocycles. The predicted molar refractivity (Wildman–Crippen MR) is 129 cm³/mol. The number of rotatable bonds is 3. The molecule has 5 aromatic rings. The molecular formula is C27H25N5. The quantitative estimate of drug-likeness (QED) is 0.384. The highest BCUT2D eigenvalue weighted by Gasteiger charge is 2.39. The highest BCUT2D eigenvalue weighted by atomic mass is 15.1. The van der Waals surface area contributed by atoms with E-state index >= 15 is 0 Å². The summed E-state index contributed by atoms with van der Waals surface area (Å²) < 4.78 is 2.13. The Morgan fingerprint density at radius 2 is 1.72 bits per heavy atom. The highest BCUT2D eigenvalue weighted by molar-refractivity contribution is 5.91. The van der Waals surface area contributed by atoms with Gasteiger partial charge in [0.05, 0.1) is 11.2 Å². The summed E-state index contributed by atoms with van der Waals surface area (Å²) in [7, 11) is 0. The summed E-state index contributed by atoms with van der Waals surface area (Å²) >= 11 is 0. The Labute approximate surface area is 187 Å². The Kier molecular flexibility index (Phi) is 4.09. The van der Waals surface area contributed by atoms with Crippen molar-refractivity contribution in [2.45, 2.75) is 32.6 Å². The second-order valence-corrected chi connectivity index (χ2v) is 9.59. The number of imidazole rings is 1. The van der Waals surface area contributed by atoms with Gasteiger partial charge in [0.15, 0.2) is 0 Å². The Morgan fingerprint density at radius 3 is 2.50 bits per heavy atom. The molecule has 158 valence electrons. The van der Waals surface area contributed by atoms with E-state index in [1.807, 2.05) is 24.4 Å². The van der Waals surface area contributed by atoms with Gasteiger partial charge in [-0.2, -0.15) is 0 Å². The van der Waals surface area contributed by atoms with Crippen LogP contribution in [0.25, 0.3) is 38.9 Å². The monoisotopic (exact) mass is 419 g/mol. The molecule has 0 unspecified atom stereocenters. The molecule has 2 aromatic carbocycles. The zero-order chi connectivity index (χ0) is 21.9. The van der Waals surface area contributed by atoms with E-state index in [4.69, 9.17) is 15.7 Å². The average Bonchev–Trinajstić information content (AvgIpc) is 3.18. The number of hydrogen-bond acceptors (Lipinski definition) is 4. The number of pyridine rings is 1. The van der Waals surface area contributed by atoms with Crippen molar-refractivity contribution in [1.82, 2.24) is 19.4 Å². The molecule has 5 heteroatoms. The molecule has 3 aromatic heterocycles. The number of fused-ring (bicyclic) bond motifs is 2. The number of hydrogen-bond donors (Lipinski definition) is 1. The summed E-state index contributed by atoms with van der Waals surface area (Å²) in [5.41, 5.74) is 12.5. The Bertz CT molecular complexity index is 1460. The van der Waals surface area contributed by atoms with Gasteiger partial charge in [-0.1, -0.05) is 62.4 Å². The van der Waals surface area contributed by atoms with Gasteiger partial charge in [-0.3, -0.25) is 4.40 Å². The molecular weight excluding hydrogens is 394 g/mol. The van der Waals surface area contributed by atoms with E-state index < -0.39 is 0 Å². The maximum atomic E-state index is 6.35. The molecule has 5 nitrogen and oxygen atoms in total. The molecule has 0 amide bonds. The fourth-order valence-corrected chi connectivity index (χ4v) is 5.07. The van der Waals surface area contributed by atoms with Crippen molar-refractivity contribution in [2.24, 2.45) is 5.41 Å². The Balaban J connectivity index is 1.50. The molecule has 3 heterocycles. The lowest BCUT2D eigenvalue weighted by atomic mass is 9.64. The molecule has 0 spiro atoms. The SMILES string of the molecule is CC1(C)CC(c2nc(-c3ccc4ccc(-c5ccccc5)nc4c3)c3c(N)nccn23)C1. The summed E-state index contributed by atoms with van der Waals surface area (Å²) in [6, 6.07) is 20.8. The first-order valence-electron chi connectivity index (χ1n) is 11.1. The average molecular weight is 420 g/mol. The maximum absolute atomic E-state index is 6.35. The van der Waals surface area contributed by atoms with Crippen molar-refractivity contribution < 1.29 is 0 Å². The Morgan fingerprint density at radius 1 is 0.938 bits per heavy atom. The van der Waals surface area contributed by atoms with Crippen molar-refractivity contribution in [1.29, 1.82) is 0 Å². The van der Waals surface area contributed by atoms with E-state index in [1.54, 1.807) is 6.20 Å². The minimum Gasteiger partial charge on any atom is -0.382 e. The van der Waals surface area contributed by atoms with Crippen molar-refractivity contribution >= 4 is 22.2 Å². The van der Waals surface area contributed by atoms with Crippen LogP contribution in [0.4, 0.5) is 5.82 Å². The van der Waals surface area contributed by atoms with Gasteiger partial charge in [-0.05, 0) is 30.4 Å². The third-order valence-electron chi connectivity index (χ3n) is 6.61. The number of benzene rings is 2. The number of nitrogens with two attached hydrogens (primary N) is 1. The van der Waals surface area contributed by atoms with Crippen LogP contribution in [0.1, 0.15) is 38.4 Å². The van der Waals surface area contributed by atoms with Gasteiger partial charge >= 0.3 is 0 Å². The molecule has 0 saturated heterocycles. The summed E-state index contributed by atoms with van der Waals surface area (Å²) in [4.78, 5) is 14.4. The van der Waals surface area contributed by atoms with E-state index in [9.17, 15) is 0 Å². The third-order valence-corrected chi connectivity index (χ3v) is 6.61. The standard InChI is InChI=1S/C27H25N5/c1-27(2)15-20(16-27)26-31-23(24-25(28)29-12-13-32(24)26)19-9-8-18-10-11-21(30-22(18)14-19)17-6-4-3-5-7-17/h3-14,20H,15-16H2,1-2H3,(H2,28,29). The lowest BCUT2D eigenvalue weighted by molar-refractivity contribution is 0.145. The van der Waals surface area contributed by atoms with Crippen LogP contribution < -0.4 is 5.73 Å². The second-order valence-electron chi connectivity index (χ2n) is 9.59. The van der Waals surface area contributed by atoms with Crippen LogP contribution >= 0.6 is 0 Å². The van der Waals surface area contributed by atoms with Gasteiger partial charge in [-0.25, -0.2) is 15.0 Å². The fraction of sp³-hybridized carbons (Fsp3) is 0.222. The lowest BCUT2D eigenvalue weighted by Gasteiger charge is -2.41. The molecule has 32 heavy (non-hydrogen) atoms. The van der Waals surface area contributed by atoms with Crippen molar-refractivity contribution in [3.8, 4) is 22.5 Å². The molecule has 1 aliphatic rings. The van der Waals surface area contributed by atoms with Crippen LogP contribution in [0.3, 0.4) is 0 Å². The van der Waals surface area contributed by atoms with Crippen LogP contribution in [-0.2, 0) is 0 Å². The van der Waals surface area contributed by atoms with Crippen molar-refractivity contribution in [2.75, 3.05) is 5.73 Å². The van der Waals surface area contributed by atoms with Gasteiger partial charge in [0, 0.05) is 34.8 Å². The van der Waals surface area contributed by atoms with E-state index in [2.05, 4.69) is 65.7 Å². The fourth-order valence-electron chi connectivity index (χ4n) is 5.07. The molecule has 0 bridgehead atoms. The minimum atomic E-state index is 0.371. The zero-order valence-electron chi connectivity index (χ0n) is 18.3. The van der Waals surface area contributed by atoms with E-state index in [0.717, 1.165) is 57.6 Å². The number of anilines is 1. The van der Waals surface area contributed by atoms with Crippen LogP contribution in [0.5, 0.6) is 0 Å². The van der Waals surface area contributed by atoms with Gasteiger partial charge in [0.2, 0.25) is 0 Å². The molecule has 2 N–H and O–H groups in total. The maximum Gasteiger partial charge on any atom is 0.150 e. The van der Waals surface area contributed by atoms with Gasteiger partial charge in [-0.15, -0.1) is 0 Å². The summed E-state index contributed by atoms with van der Waals surface area (Å²) in [5, 5.41) is 1.10. The zero-order valence-corrected chi connectivity index (χ0v) is 18.3. The van der Waals surface area contributed by atoms with Gasteiger partial charge in [0.1, 0.15) is 22.9 Å². The van der Waals surface area contributed by atoms with Crippen LogP contribution in [0, 0.1) is 5.41 Å². The van der Waals surface area contributed by atoms with Crippen LogP contribution in [0.2, 0.25) is 0 Å². The van der Waals surface area contributed by atoms with E-state index in [0.29, 0.717) is 17.2 Å². The first-order valence-corrected chi connectivity index (χ1v) is 11.1. The highest BCUT2D eigenvalue weighted by Crippen LogP contribution is 2.50. The molecule has 0 atom stereocenters. The number of aromatic nitrogens is 4. The second kappa shape index (κ2) is 6.89. The number of nitrogens with zero attached hydrogens (tertiary/aromatic N) is 4. The molecule has 1 aliphatic carbocycles. The van der Waals surface area contributed by atoms with Gasteiger partial charge in [0.25, 0.3) is 0 Å². The summed E-state index contributed by atoms with van der Waals surface area (Å²) in [5.74, 6) is 2.02. The predicted octanol–water partition coefficient (Wildman–Crippen LogP) is 6.10. The van der Waals surface area contributed by atoms with E-state index in [1.165, 1.54) is 0 Å². The van der Waals surface area contributed by atoms with Crippen molar-refractivity contribution in [3.63, 3.8) is 0 Å². The molecule has 0 radical (unpaired) electrons. The smallest absolute Gasteiger partial charge is 0.150 e. The first-order chi connectivity index (χ1) is 15.5. The largest absolute Gasteiger partial charge is 0.382 e. The Hall–Kier alpha value is -3.73. The third kappa shape index (κ3) is 3.04. The first kappa shape index (κ1) is 19.0. The molecule has 1 fully saturated rings. The number of nitrogen functional groups attached to an aromatic ring is 1. The van der Waals surface area contributed by atoms with Crippen LogP contribution in [0.15, 0.2) is 73.1 Å². The van der Waals surface area contributed by atoms with Crippen LogP contribution in [-0.4, -0.2) is 19.4 Å². The molecule has 6 rings (SSSR count). The summed E-state index contributed by atoms with van der Waals surface area (Å²) in [6.07, 6.45) is 6.01. The van der Waals surface area contributed by atoms with E-state index in [-0.39, 0.29) is 0 Å². The molecule has 0 aliphatic heterocycles.